The molecule has 1 N–H and O–H groups in total. The third-order valence-electron chi connectivity index (χ3n) is 5.30. The van der Waals surface area contributed by atoms with E-state index in [1.54, 1.807) is 0 Å². The maximum absolute atomic E-state index is 14.7. The third-order valence-corrected chi connectivity index (χ3v) is 5.83. The van der Waals surface area contributed by atoms with E-state index in [0.717, 1.165) is 48.2 Å². The van der Waals surface area contributed by atoms with E-state index in [1.165, 1.54) is 23.4 Å². The van der Waals surface area contributed by atoms with Gasteiger partial charge in [-0.3, -0.25) is 0 Å². The second-order valence-electron chi connectivity index (χ2n) is 8.03. The van der Waals surface area contributed by atoms with E-state index >= 15 is 0 Å². The Balaban J connectivity index is 1.64. The summed E-state index contributed by atoms with van der Waals surface area (Å²) in [5.74, 6) is -0.648. The van der Waals surface area contributed by atoms with Gasteiger partial charge in [0, 0.05) is 22.6 Å². The van der Waals surface area contributed by atoms with E-state index in [2.05, 4.69) is 37.8 Å². The summed E-state index contributed by atoms with van der Waals surface area (Å²) >= 11 is 3.40. The molecule has 0 saturated heterocycles. The molecule has 0 saturated carbocycles. The minimum atomic E-state index is -1.60. The zero-order valence-electron chi connectivity index (χ0n) is 18.6. The number of ether oxygens (including phenoxy) is 1. The third kappa shape index (κ3) is 7.58. The van der Waals surface area contributed by atoms with Gasteiger partial charge in [0.25, 0.3) is 0 Å². The van der Waals surface area contributed by atoms with Crippen molar-refractivity contribution in [3.8, 4) is 5.75 Å². The van der Waals surface area contributed by atoms with Crippen molar-refractivity contribution in [1.82, 2.24) is 19.7 Å². The van der Waals surface area contributed by atoms with E-state index < -0.39 is 17.2 Å². The summed E-state index contributed by atoms with van der Waals surface area (Å²) in [5.41, 5.74) is -1.56. The predicted molar refractivity (Wildman–Crippen MR) is 126 cm³/mol. The summed E-state index contributed by atoms with van der Waals surface area (Å²) < 4.78 is 36.4. The first-order valence-corrected chi connectivity index (χ1v) is 11.8. The van der Waals surface area contributed by atoms with Gasteiger partial charge in [-0.05, 0) is 62.7 Å². The SMILES string of the molecule is CCCN(CCCCOc1ccc(Br)cc1)CC(O)(Cn1cncn1)c1ccc(F)cc1F. The standard InChI is InChI=1S/C24H29BrF2N4O2/c1-2-11-30(12-3-4-13-33-21-8-5-19(25)6-9-21)15-24(32,16-31-18-28-17-29-31)22-10-7-20(26)14-23(22)27/h5-10,14,17-18,32H,2-4,11-13,15-16H2,1H3. The predicted octanol–water partition coefficient (Wildman–Crippen LogP) is 4.78. The molecule has 6 nitrogen and oxygen atoms in total. The van der Waals surface area contributed by atoms with Crippen molar-refractivity contribution in [2.24, 2.45) is 0 Å². The highest BCUT2D eigenvalue weighted by atomic mass is 79.9. The summed E-state index contributed by atoms with van der Waals surface area (Å²) in [6.45, 7) is 4.26. The van der Waals surface area contributed by atoms with Crippen LogP contribution < -0.4 is 4.74 Å². The van der Waals surface area contributed by atoms with Crippen LogP contribution in [0.1, 0.15) is 31.7 Å². The van der Waals surface area contributed by atoms with Crippen molar-refractivity contribution in [3.63, 3.8) is 0 Å². The van der Waals surface area contributed by atoms with Gasteiger partial charge in [-0.15, -0.1) is 0 Å². The Morgan fingerprint density at radius 2 is 1.91 bits per heavy atom. The van der Waals surface area contributed by atoms with E-state index in [1.807, 2.05) is 24.3 Å². The van der Waals surface area contributed by atoms with Crippen molar-refractivity contribution in [2.75, 3.05) is 26.2 Å². The highest BCUT2D eigenvalue weighted by Gasteiger charge is 2.35. The summed E-state index contributed by atoms with van der Waals surface area (Å²) in [6.07, 6.45) is 5.39. The van der Waals surface area contributed by atoms with Crippen LogP contribution in [0.25, 0.3) is 0 Å². The molecule has 0 aliphatic heterocycles. The molecule has 1 aromatic heterocycles. The molecule has 0 aliphatic rings. The van der Waals surface area contributed by atoms with Crippen LogP contribution >= 0.6 is 15.9 Å². The fourth-order valence-electron chi connectivity index (χ4n) is 3.78. The van der Waals surface area contributed by atoms with E-state index in [-0.39, 0.29) is 18.7 Å². The molecular weight excluding hydrogens is 494 g/mol. The largest absolute Gasteiger partial charge is 0.494 e. The average molecular weight is 523 g/mol. The van der Waals surface area contributed by atoms with Gasteiger partial charge in [0.05, 0.1) is 13.2 Å². The van der Waals surface area contributed by atoms with Gasteiger partial charge in [-0.1, -0.05) is 28.9 Å². The van der Waals surface area contributed by atoms with Crippen LogP contribution in [-0.2, 0) is 12.1 Å². The van der Waals surface area contributed by atoms with Crippen LogP contribution in [0.5, 0.6) is 5.75 Å². The molecule has 0 bridgehead atoms. The monoisotopic (exact) mass is 522 g/mol. The van der Waals surface area contributed by atoms with Gasteiger partial charge in [0.2, 0.25) is 0 Å². The fourth-order valence-corrected chi connectivity index (χ4v) is 4.05. The number of unbranched alkanes of at least 4 members (excludes halogenated alkanes) is 1. The van der Waals surface area contributed by atoms with E-state index in [0.29, 0.717) is 13.2 Å². The summed E-state index contributed by atoms with van der Waals surface area (Å²) in [4.78, 5) is 6.01. The van der Waals surface area contributed by atoms with Gasteiger partial charge >= 0.3 is 0 Å². The van der Waals surface area contributed by atoms with Crippen molar-refractivity contribution in [1.29, 1.82) is 0 Å². The van der Waals surface area contributed by atoms with Gasteiger partial charge < -0.3 is 14.7 Å². The van der Waals surface area contributed by atoms with E-state index in [9.17, 15) is 13.9 Å². The molecule has 0 amide bonds. The Hall–Kier alpha value is -2.36. The Morgan fingerprint density at radius 1 is 1.12 bits per heavy atom. The molecule has 1 heterocycles. The molecule has 0 radical (unpaired) electrons. The molecule has 0 aliphatic carbocycles. The smallest absolute Gasteiger partial charge is 0.137 e. The molecule has 2 aromatic carbocycles. The van der Waals surface area contributed by atoms with Crippen LogP contribution in [0.2, 0.25) is 0 Å². The first kappa shape index (κ1) is 25.3. The molecule has 1 atom stereocenters. The zero-order chi connectivity index (χ0) is 23.7. The van der Waals surface area contributed by atoms with Gasteiger partial charge in [0.15, 0.2) is 0 Å². The molecule has 33 heavy (non-hydrogen) atoms. The maximum atomic E-state index is 14.7. The fraction of sp³-hybridized carbons (Fsp3) is 0.417. The average Bonchev–Trinajstić information content (AvgIpc) is 3.27. The summed E-state index contributed by atoms with van der Waals surface area (Å²) in [7, 11) is 0. The Morgan fingerprint density at radius 3 is 2.58 bits per heavy atom. The molecule has 1 unspecified atom stereocenters. The Labute approximate surface area is 201 Å². The highest BCUT2D eigenvalue weighted by Crippen LogP contribution is 2.28. The van der Waals surface area contributed by atoms with E-state index in [4.69, 9.17) is 4.74 Å². The minimum absolute atomic E-state index is 0.00243. The number of halogens is 3. The van der Waals surface area contributed by atoms with Crippen molar-refractivity contribution >= 4 is 15.9 Å². The number of benzene rings is 2. The Bertz CT molecular complexity index is 989. The van der Waals surface area contributed by atoms with Gasteiger partial charge in [-0.25, -0.2) is 18.4 Å². The van der Waals surface area contributed by atoms with Crippen LogP contribution in [-0.4, -0.2) is 51.0 Å². The lowest BCUT2D eigenvalue weighted by Crippen LogP contribution is -2.45. The topological polar surface area (TPSA) is 63.4 Å². The van der Waals surface area contributed by atoms with Crippen LogP contribution in [0.3, 0.4) is 0 Å². The maximum Gasteiger partial charge on any atom is 0.137 e. The summed E-state index contributed by atoms with van der Waals surface area (Å²) in [6, 6.07) is 11.0. The molecule has 3 rings (SSSR count). The Kier molecular flexibility index (Phi) is 9.34. The van der Waals surface area contributed by atoms with Gasteiger partial charge in [0.1, 0.15) is 35.6 Å². The second-order valence-corrected chi connectivity index (χ2v) is 8.95. The van der Waals surface area contributed by atoms with Crippen molar-refractivity contribution < 1.29 is 18.6 Å². The van der Waals surface area contributed by atoms with Crippen LogP contribution in [0, 0.1) is 11.6 Å². The normalized spacial score (nSPS) is 13.3. The van der Waals surface area contributed by atoms with Crippen molar-refractivity contribution in [3.05, 3.63) is 76.8 Å². The quantitative estimate of drug-likeness (QED) is 0.327. The highest BCUT2D eigenvalue weighted by molar-refractivity contribution is 9.10. The minimum Gasteiger partial charge on any atom is -0.494 e. The number of hydrogen-bond donors (Lipinski definition) is 1. The number of aliphatic hydroxyl groups is 1. The molecule has 3 aromatic rings. The van der Waals surface area contributed by atoms with Crippen LogP contribution in [0.4, 0.5) is 8.78 Å². The first-order chi connectivity index (χ1) is 15.9. The number of hydrogen-bond acceptors (Lipinski definition) is 5. The summed E-state index contributed by atoms with van der Waals surface area (Å²) in [5, 5.41) is 15.6. The number of nitrogens with zero attached hydrogens (tertiary/aromatic N) is 4. The lowest BCUT2D eigenvalue weighted by molar-refractivity contribution is -0.0221. The zero-order valence-corrected chi connectivity index (χ0v) is 20.2. The second kappa shape index (κ2) is 12.2. The van der Waals surface area contributed by atoms with Crippen LogP contribution in [0.15, 0.2) is 59.6 Å². The van der Waals surface area contributed by atoms with Gasteiger partial charge in [-0.2, -0.15) is 5.10 Å². The molecule has 178 valence electrons. The lowest BCUT2D eigenvalue weighted by Gasteiger charge is -2.35. The number of rotatable bonds is 13. The first-order valence-electron chi connectivity index (χ1n) is 11.0. The lowest BCUT2D eigenvalue weighted by atomic mass is 9.92. The molecular formula is C24H29BrF2N4O2. The molecule has 0 spiro atoms. The number of aromatic nitrogens is 3. The van der Waals surface area contributed by atoms with Crippen molar-refractivity contribution in [2.45, 2.75) is 38.3 Å². The molecule has 0 fully saturated rings. The molecule has 9 heteroatoms.